The number of carbonyl (C=O) groups is 2. The van der Waals surface area contributed by atoms with E-state index in [9.17, 15) is 23.5 Å². The molecule has 9 nitrogen and oxygen atoms in total. The number of ether oxygens (including phenoxy) is 1. The van der Waals surface area contributed by atoms with Crippen molar-refractivity contribution in [1.29, 1.82) is 0 Å². The predicted molar refractivity (Wildman–Crippen MR) is 152 cm³/mol. The molecule has 0 radical (unpaired) electrons. The van der Waals surface area contributed by atoms with Crippen molar-refractivity contribution in [3.8, 4) is 0 Å². The zero-order valence-corrected chi connectivity index (χ0v) is 24.7. The summed E-state index contributed by atoms with van der Waals surface area (Å²) in [4.78, 5) is 34.9. The number of anilines is 1. The van der Waals surface area contributed by atoms with Crippen LogP contribution >= 0.6 is 0 Å². The average molecular weight is 578 g/mol. The standard InChI is InChI=1S/C28H41F2N5O4Si/c1-40(2,3)13-12-39-18-32-11-10-22-25-23(14-31-26(22)32)27(36)35(21-8-9-21)17-34(25)20-6-4-19(5-7-20)15-33(28(37)38)16-24(29)30/h10-11,14,19-21,24H,4-9,12-13,15-18H2,1-3H3,(H,37,38). The number of nitrogens with zero attached hydrogens (tertiary/aromatic N) is 5. The van der Waals surface area contributed by atoms with E-state index in [4.69, 9.17) is 9.72 Å². The third kappa shape index (κ3) is 6.43. The number of hydrogen-bond donors (Lipinski definition) is 1. The molecule has 0 bridgehead atoms. The van der Waals surface area contributed by atoms with Crippen LogP contribution in [0.1, 0.15) is 48.9 Å². The molecule has 2 aliphatic carbocycles. The minimum Gasteiger partial charge on any atom is -0.465 e. The smallest absolute Gasteiger partial charge is 0.407 e. The molecular formula is C28H41F2N5O4Si. The maximum Gasteiger partial charge on any atom is 0.407 e. The Bertz CT molecular complexity index is 1220. The van der Waals surface area contributed by atoms with Gasteiger partial charge in [-0.15, -0.1) is 0 Å². The van der Waals surface area contributed by atoms with Gasteiger partial charge in [0.15, 0.2) is 0 Å². The fourth-order valence-corrected chi connectivity index (χ4v) is 6.76. The Morgan fingerprint density at radius 2 is 1.82 bits per heavy atom. The molecule has 2 saturated carbocycles. The maximum atomic E-state index is 13.5. The van der Waals surface area contributed by atoms with Crippen LogP contribution < -0.4 is 4.90 Å². The molecule has 220 valence electrons. The van der Waals surface area contributed by atoms with Gasteiger partial charge in [-0.3, -0.25) is 4.79 Å². The molecule has 2 fully saturated rings. The van der Waals surface area contributed by atoms with Gasteiger partial charge < -0.3 is 29.1 Å². The first kappa shape index (κ1) is 28.8. The van der Waals surface area contributed by atoms with Gasteiger partial charge in [-0.25, -0.2) is 18.6 Å². The minimum absolute atomic E-state index is 0.0278. The molecule has 0 atom stereocenters. The molecule has 2 aromatic rings. The van der Waals surface area contributed by atoms with Crippen LogP contribution in [0.25, 0.3) is 11.0 Å². The molecule has 0 aromatic carbocycles. The summed E-state index contributed by atoms with van der Waals surface area (Å²) in [6.45, 7) is 7.99. The van der Waals surface area contributed by atoms with Crippen molar-refractivity contribution in [2.45, 2.75) is 89.5 Å². The van der Waals surface area contributed by atoms with Crippen molar-refractivity contribution < 1.29 is 28.2 Å². The molecule has 3 heterocycles. The van der Waals surface area contributed by atoms with Gasteiger partial charge in [-0.2, -0.15) is 0 Å². The number of carbonyl (C=O) groups excluding carboxylic acids is 1. The van der Waals surface area contributed by atoms with Crippen LogP contribution in [0.2, 0.25) is 25.7 Å². The Morgan fingerprint density at radius 3 is 2.45 bits per heavy atom. The first-order valence-electron chi connectivity index (χ1n) is 14.4. The van der Waals surface area contributed by atoms with E-state index >= 15 is 0 Å². The monoisotopic (exact) mass is 577 g/mol. The van der Waals surface area contributed by atoms with Gasteiger partial charge in [0.25, 0.3) is 12.3 Å². The maximum absolute atomic E-state index is 13.5. The molecule has 12 heteroatoms. The van der Waals surface area contributed by atoms with E-state index in [1.165, 1.54) is 0 Å². The van der Waals surface area contributed by atoms with Crippen molar-refractivity contribution in [2.24, 2.45) is 5.92 Å². The lowest BCUT2D eigenvalue weighted by atomic mass is 9.84. The second kappa shape index (κ2) is 11.6. The zero-order chi connectivity index (χ0) is 28.6. The van der Waals surface area contributed by atoms with Gasteiger partial charge in [0.1, 0.15) is 12.4 Å². The van der Waals surface area contributed by atoms with Crippen LogP contribution in [-0.2, 0) is 11.5 Å². The SMILES string of the molecule is C[Si](C)(C)CCOCn1ccc2c3c(cnc21)C(=O)N(C1CC1)CN3C1CCC(CN(CC(F)F)C(=O)O)CC1. The van der Waals surface area contributed by atoms with Crippen LogP contribution in [0.3, 0.4) is 0 Å². The van der Waals surface area contributed by atoms with Crippen molar-refractivity contribution in [2.75, 3.05) is 31.3 Å². The molecular weight excluding hydrogens is 536 g/mol. The summed E-state index contributed by atoms with van der Waals surface area (Å²) >= 11 is 0. The fraction of sp³-hybridized carbons (Fsp3) is 0.679. The molecule has 0 saturated heterocycles. The summed E-state index contributed by atoms with van der Waals surface area (Å²) in [5, 5.41) is 10.3. The van der Waals surface area contributed by atoms with Crippen molar-refractivity contribution in [1.82, 2.24) is 19.4 Å². The average Bonchev–Trinajstić information content (AvgIpc) is 3.65. The molecule has 40 heavy (non-hydrogen) atoms. The summed E-state index contributed by atoms with van der Waals surface area (Å²) < 4.78 is 33.8. The van der Waals surface area contributed by atoms with E-state index in [2.05, 4.69) is 24.5 Å². The van der Waals surface area contributed by atoms with E-state index < -0.39 is 27.1 Å². The number of alkyl halides is 2. The van der Waals surface area contributed by atoms with Crippen molar-refractivity contribution in [3.05, 3.63) is 24.0 Å². The first-order valence-corrected chi connectivity index (χ1v) is 18.1. The third-order valence-electron chi connectivity index (χ3n) is 8.42. The molecule has 3 aliphatic rings. The van der Waals surface area contributed by atoms with E-state index in [1.54, 1.807) is 6.20 Å². The quantitative estimate of drug-likeness (QED) is 0.279. The van der Waals surface area contributed by atoms with Gasteiger partial charge in [-0.1, -0.05) is 19.6 Å². The predicted octanol–water partition coefficient (Wildman–Crippen LogP) is 5.53. The molecule has 1 aliphatic heterocycles. The second-order valence-electron chi connectivity index (χ2n) is 12.8. The van der Waals surface area contributed by atoms with E-state index in [-0.39, 0.29) is 30.5 Å². The summed E-state index contributed by atoms with van der Waals surface area (Å²) in [5.41, 5.74) is 2.34. The number of amides is 2. The van der Waals surface area contributed by atoms with Crippen LogP contribution in [0.5, 0.6) is 0 Å². The lowest BCUT2D eigenvalue weighted by Crippen LogP contribution is -2.52. The van der Waals surface area contributed by atoms with Gasteiger partial charge >= 0.3 is 6.09 Å². The molecule has 0 unspecified atom stereocenters. The van der Waals surface area contributed by atoms with Crippen molar-refractivity contribution >= 4 is 36.8 Å². The van der Waals surface area contributed by atoms with Crippen LogP contribution in [0.4, 0.5) is 19.3 Å². The molecule has 0 spiro atoms. The van der Waals surface area contributed by atoms with Crippen molar-refractivity contribution in [3.63, 3.8) is 0 Å². The number of aromatic nitrogens is 2. The summed E-state index contributed by atoms with van der Waals surface area (Å²) in [7, 11) is -1.19. The normalized spacial score (nSPS) is 21.8. The molecule has 2 aromatic heterocycles. The lowest BCUT2D eigenvalue weighted by molar-refractivity contribution is 0.0674. The summed E-state index contributed by atoms with van der Waals surface area (Å²) in [6.07, 6.45) is 4.85. The topological polar surface area (TPSA) is 91.1 Å². The Balaban J connectivity index is 1.35. The second-order valence-corrected chi connectivity index (χ2v) is 18.4. The van der Waals surface area contributed by atoms with Gasteiger partial charge in [0.05, 0.1) is 24.5 Å². The Morgan fingerprint density at radius 1 is 1.15 bits per heavy atom. The van der Waals surface area contributed by atoms with Gasteiger partial charge in [0, 0.05) is 51.1 Å². The number of hydrogen-bond acceptors (Lipinski definition) is 5. The number of halogens is 2. The number of carboxylic acid groups (broad SMARTS) is 1. The van der Waals surface area contributed by atoms with Crippen LogP contribution in [-0.4, -0.2) is 89.4 Å². The Labute approximate surface area is 235 Å². The first-order chi connectivity index (χ1) is 19.0. The Hall–Kier alpha value is -2.73. The van der Waals surface area contributed by atoms with Gasteiger partial charge in [0.2, 0.25) is 0 Å². The zero-order valence-electron chi connectivity index (χ0n) is 23.7. The number of pyridine rings is 1. The largest absolute Gasteiger partial charge is 0.465 e. The summed E-state index contributed by atoms with van der Waals surface area (Å²) in [6, 6.07) is 3.54. The molecule has 2 amide bonds. The van der Waals surface area contributed by atoms with E-state index in [0.717, 1.165) is 66.2 Å². The van der Waals surface area contributed by atoms with Crippen LogP contribution in [0.15, 0.2) is 18.5 Å². The van der Waals surface area contributed by atoms with E-state index in [1.807, 2.05) is 21.7 Å². The highest BCUT2D eigenvalue weighted by atomic mass is 28.3. The minimum atomic E-state index is -2.68. The number of rotatable bonds is 11. The van der Waals surface area contributed by atoms with Crippen LogP contribution in [0, 0.1) is 5.92 Å². The van der Waals surface area contributed by atoms with E-state index in [0.29, 0.717) is 25.6 Å². The highest BCUT2D eigenvalue weighted by Crippen LogP contribution is 2.42. The fourth-order valence-electron chi connectivity index (χ4n) is 6.00. The molecule has 1 N–H and O–H groups in total. The van der Waals surface area contributed by atoms with Gasteiger partial charge in [-0.05, 0) is 56.6 Å². The Kier molecular flexibility index (Phi) is 8.37. The number of fused-ring (bicyclic) bond motifs is 3. The summed E-state index contributed by atoms with van der Waals surface area (Å²) in [5.74, 6) is 0.0726. The highest BCUT2D eigenvalue weighted by Gasteiger charge is 2.42. The highest BCUT2D eigenvalue weighted by molar-refractivity contribution is 6.76. The third-order valence-corrected chi connectivity index (χ3v) is 10.1. The lowest BCUT2D eigenvalue weighted by Gasteiger charge is -2.45. The molecule has 5 rings (SSSR count).